The molecule has 0 bridgehead atoms. The zero-order valence-corrected chi connectivity index (χ0v) is 9.16. The molecule has 1 fully saturated rings. The fourth-order valence-electron chi connectivity index (χ4n) is 1.65. The lowest BCUT2D eigenvalue weighted by Gasteiger charge is -2.30. The minimum atomic E-state index is -4.51. The van der Waals surface area contributed by atoms with Crippen molar-refractivity contribution in [2.45, 2.75) is 18.1 Å². The number of nitrogens with two attached hydrogens (primary N) is 1. The van der Waals surface area contributed by atoms with Gasteiger partial charge in [0.05, 0.1) is 13.2 Å². The van der Waals surface area contributed by atoms with E-state index < -0.39 is 37.3 Å². The Morgan fingerprint density at radius 1 is 1.53 bits per heavy atom. The number of aliphatic hydroxyl groups excluding tert-OH is 1. The SMILES string of the molecule is NC1(C(=O)N(CCO)CC(F)(F)F)CCOC1. The third kappa shape index (κ3) is 3.83. The summed E-state index contributed by atoms with van der Waals surface area (Å²) >= 11 is 0. The molecule has 0 spiro atoms. The first-order chi connectivity index (χ1) is 7.78. The third-order valence-electron chi connectivity index (χ3n) is 2.51. The predicted octanol–water partition coefficient (Wildman–Crippen LogP) is -0.513. The molecule has 1 unspecified atom stereocenters. The molecule has 1 atom stereocenters. The molecule has 1 aliphatic heterocycles. The molecule has 1 amide bonds. The standard InChI is InChI=1S/C9H15F3N2O3/c10-9(11,12)5-14(2-3-15)7(16)8(13)1-4-17-6-8/h15H,1-6,13H2. The van der Waals surface area contributed by atoms with E-state index in [-0.39, 0.29) is 19.6 Å². The highest BCUT2D eigenvalue weighted by Gasteiger charge is 2.43. The topological polar surface area (TPSA) is 75.8 Å². The van der Waals surface area contributed by atoms with Gasteiger partial charge >= 0.3 is 6.18 Å². The molecule has 17 heavy (non-hydrogen) atoms. The zero-order valence-electron chi connectivity index (χ0n) is 9.16. The summed E-state index contributed by atoms with van der Waals surface area (Å²) in [5, 5.41) is 8.68. The number of hydrogen-bond acceptors (Lipinski definition) is 4. The van der Waals surface area contributed by atoms with Crippen molar-refractivity contribution in [2.75, 3.05) is 32.9 Å². The summed E-state index contributed by atoms with van der Waals surface area (Å²) in [6, 6.07) is 0. The first-order valence-electron chi connectivity index (χ1n) is 5.12. The van der Waals surface area contributed by atoms with E-state index in [0.29, 0.717) is 4.90 Å². The number of rotatable bonds is 4. The average Bonchev–Trinajstić information content (AvgIpc) is 2.63. The van der Waals surface area contributed by atoms with Gasteiger partial charge in [-0.25, -0.2) is 0 Å². The van der Waals surface area contributed by atoms with Crippen LogP contribution < -0.4 is 5.73 Å². The lowest BCUT2D eigenvalue weighted by atomic mass is 9.98. The Labute approximate surface area is 96.3 Å². The van der Waals surface area contributed by atoms with Crippen molar-refractivity contribution >= 4 is 5.91 Å². The van der Waals surface area contributed by atoms with E-state index in [1.165, 1.54) is 0 Å². The van der Waals surface area contributed by atoms with Crippen LogP contribution in [0.5, 0.6) is 0 Å². The molecule has 100 valence electrons. The summed E-state index contributed by atoms with van der Waals surface area (Å²) < 4.78 is 41.7. The molecule has 1 saturated heterocycles. The van der Waals surface area contributed by atoms with E-state index in [1.807, 2.05) is 0 Å². The summed E-state index contributed by atoms with van der Waals surface area (Å²) in [5.41, 5.74) is 4.29. The third-order valence-corrected chi connectivity index (χ3v) is 2.51. The van der Waals surface area contributed by atoms with Gasteiger partial charge in [-0.1, -0.05) is 0 Å². The van der Waals surface area contributed by atoms with Crippen LogP contribution in [0.1, 0.15) is 6.42 Å². The van der Waals surface area contributed by atoms with E-state index in [4.69, 9.17) is 15.6 Å². The molecule has 0 aromatic heterocycles. The molecular weight excluding hydrogens is 241 g/mol. The Hall–Kier alpha value is -0.860. The number of alkyl halides is 3. The first kappa shape index (κ1) is 14.2. The van der Waals surface area contributed by atoms with Gasteiger partial charge in [0.15, 0.2) is 0 Å². The molecule has 0 radical (unpaired) electrons. The second-order valence-corrected chi connectivity index (χ2v) is 4.02. The molecule has 0 aliphatic carbocycles. The van der Waals surface area contributed by atoms with Crippen molar-refractivity contribution in [3.8, 4) is 0 Å². The fraction of sp³-hybridized carbons (Fsp3) is 0.889. The maximum Gasteiger partial charge on any atom is 0.406 e. The van der Waals surface area contributed by atoms with Crippen molar-refractivity contribution in [2.24, 2.45) is 5.73 Å². The van der Waals surface area contributed by atoms with Crippen LogP contribution in [-0.2, 0) is 9.53 Å². The predicted molar refractivity (Wildman–Crippen MR) is 52.1 cm³/mol. The zero-order chi connectivity index (χ0) is 13.1. The van der Waals surface area contributed by atoms with Gasteiger partial charge < -0.3 is 20.5 Å². The van der Waals surface area contributed by atoms with Gasteiger partial charge in [-0.2, -0.15) is 13.2 Å². The van der Waals surface area contributed by atoms with E-state index >= 15 is 0 Å². The van der Waals surface area contributed by atoms with Gasteiger partial charge in [0.25, 0.3) is 0 Å². The van der Waals surface area contributed by atoms with Crippen LogP contribution in [0.3, 0.4) is 0 Å². The van der Waals surface area contributed by atoms with Gasteiger partial charge in [-0.15, -0.1) is 0 Å². The van der Waals surface area contributed by atoms with E-state index in [1.54, 1.807) is 0 Å². The van der Waals surface area contributed by atoms with Crippen molar-refractivity contribution in [3.05, 3.63) is 0 Å². The number of amides is 1. The Kier molecular flexibility index (Phi) is 4.34. The molecule has 1 aliphatic rings. The largest absolute Gasteiger partial charge is 0.406 e. The highest BCUT2D eigenvalue weighted by molar-refractivity contribution is 5.86. The van der Waals surface area contributed by atoms with Crippen LogP contribution in [0.4, 0.5) is 13.2 Å². The van der Waals surface area contributed by atoms with Crippen LogP contribution in [0.2, 0.25) is 0 Å². The van der Waals surface area contributed by atoms with Crippen LogP contribution >= 0.6 is 0 Å². The average molecular weight is 256 g/mol. The molecule has 8 heteroatoms. The maximum absolute atomic E-state index is 12.3. The van der Waals surface area contributed by atoms with Crippen molar-refractivity contribution in [1.29, 1.82) is 0 Å². The Morgan fingerprint density at radius 2 is 2.18 bits per heavy atom. The van der Waals surface area contributed by atoms with Crippen LogP contribution in [-0.4, -0.2) is 60.5 Å². The number of carbonyl (C=O) groups is 1. The van der Waals surface area contributed by atoms with Crippen molar-refractivity contribution < 1.29 is 27.8 Å². The Balaban J connectivity index is 2.72. The summed E-state index contributed by atoms with van der Waals surface area (Å²) in [4.78, 5) is 12.4. The van der Waals surface area contributed by atoms with E-state index in [9.17, 15) is 18.0 Å². The molecule has 5 nitrogen and oxygen atoms in total. The van der Waals surface area contributed by atoms with Crippen molar-refractivity contribution in [1.82, 2.24) is 4.90 Å². The minimum absolute atomic E-state index is 0.0916. The van der Waals surface area contributed by atoms with Gasteiger partial charge in [-0.05, 0) is 6.42 Å². The van der Waals surface area contributed by atoms with Crippen LogP contribution in [0.15, 0.2) is 0 Å². The highest BCUT2D eigenvalue weighted by Crippen LogP contribution is 2.22. The number of aliphatic hydroxyl groups is 1. The van der Waals surface area contributed by atoms with Gasteiger partial charge in [0, 0.05) is 13.2 Å². The van der Waals surface area contributed by atoms with Gasteiger partial charge in [-0.3, -0.25) is 4.79 Å². The highest BCUT2D eigenvalue weighted by atomic mass is 19.4. The lowest BCUT2D eigenvalue weighted by Crippen LogP contribution is -2.58. The molecule has 3 N–H and O–H groups in total. The summed E-state index contributed by atoms with van der Waals surface area (Å²) in [5.74, 6) is -0.832. The number of hydrogen-bond donors (Lipinski definition) is 2. The second kappa shape index (κ2) is 5.19. The summed E-state index contributed by atoms with van der Waals surface area (Å²) in [6.07, 6.45) is -4.33. The van der Waals surface area contributed by atoms with Crippen LogP contribution in [0, 0.1) is 0 Å². The number of ether oxygens (including phenoxy) is 1. The maximum atomic E-state index is 12.3. The van der Waals surface area contributed by atoms with Gasteiger partial charge in [0.1, 0.15) is 12.1 Å². The number of halogens is 3. The van der Waals surface area contributed by atoms with Crippen LogP contribution in [0.25, 0.3) is 0 Å². The van der Waals surface area contributed by atoms with E-state index in [0.717, 1.165) is 0 Å². The molecule has 0 aromatic carbocycles. The Bertz CT molecular complexity index is 277. The Morgan fingerprint density at radius 3 is 2.59 bits per heavy atom. The van der Waals surface area contributed by atoms with E-state index in [2.05, 4.69) is 0 Å². The lowest BCUT2D eigenvalue weighted by molar-refractivity contribution is -0.165. The fourth-order valence-corrected chi connectivity index (χ4v) is 1.65. The smallest absolute Gasteiger partial charge is 0.395 e. The monoisotopic (exact) mass is 256 g/mol. The summed E-state index contributed by atoms with van der Waals surface area (Å²) in [7, 11) is 0. The summed E-state index contributed by atoms with van der Waals surface area (Å²) in [6.45, 7) is -2.19. The second-order valence-electron chi connectivity index (χ2n) is 4.02. The van der Waals surface area contributed by atoms with Gasteiger partial charge in [0.2, 0.25) is 5.91 Å². The normalized spacial score (nSPS) is 25.0. The molecule has 0 saturated carbocycles. The molecular formula is C9H15F3N2O3. The first-order valence-corrected chi connectivity index (χ1v) is 5.12. The quantitative estimate of drug-likeness (QED) is 0.710. The molecule has 0 aromatic rings. The number of nitrogens with zero attached hydrogens (tertiary/aromatic N) is 1. The minimum Gasteiger partial charge on any atom is -0.395 e. The molecule has 1 rings (SSSR count). The number of carbonyl (C=O) groups excluding carboxylic acids is 1. The van der Waals surface area contributed by atoms with Crippen molar-refractivity contribution in [3.63, 3.8) is 0 Å². The molecule has 1 heterocycles.